The number of fused-ring (bicyclic) bond motifs is 3. The number of aromatic nitrogens is 1. The van der Waals surface area contributed by atoms with Gasteiger partial charge in [0.15, 0.2) is 0 Å². The third kappa shape index (κ3) is 2.55. The standard InChI is InChI=1S/C17H15ClN2.ClH/c18-13-4-1-11(2-5-13)12-3-6-16-14(9-12)15-10-19-8-7-17(15)20-16;/h1-6,9,19-20H,7-8,10H2;1H. The summed E-state index contributed by atoms with van der Waals surface area (Å²) in [5.41, 5.74) is 6.47. The zero-order valence-electron chi connectivity index (χ0n) is 11.4. The molecular weight excluding hydrogens is 303 g/mol. The molecule has 1 aliphatic heterocycles. The molecule has 3 aromatic rings. The second-order valence-corrected chi connectivity index (χ2v) is 5.71. The molecule has 2 heterocycles. The number of halogens is 2. The highest BCUT2D eigenvalue weighted by molar-refractivity contribution is 6.30. The summed E-state index contributed by atoms with van der Waals surface area (Å²) in [5.74, 6) is 0. The first-order valence-electron chi connectivity index (χ1n) is 6.91. The predicted octanol–water partition coefficient (Wildman–Crippen LogP) is 4.56. The van der Waals surface area contributed by atoms with E-state index in [0.29, 0.717) is 0 Å². The molecule has 0 bridgehead atoms. The van der Waals surface area contributed by atoms with Gasteiger partial charge in [-0.3, -0.25) is 0 Å². The quantitative estimate of drug-likeness (QED) is 0.676. The van der Waals surface area contributed by atoms with E-state index in [0.717, 1.165) is 24.5 Å². The van der Waals surface area contributed by atoms with Gasteiger partial charge in [0.05, 0.1) is 0 Å². The van der Waals surface area contributed by atoms with Crippen molar-refractivity contribution in [2.45, 2.75) is 13.0 Å². The van der Waals surface area contributed by atoms with Gasteiger partial charge < -0.3 is 10.3 Å². The van der Waals surface area contributed by atoms with Crippen LogP contribution in [-0.4, -0.2) is 11.5 Å². The number of hydrogen-bond acceptors (Lipinski definition) is 1. The molecule has 1 aliphatic rings. The van der Waals surface area contributed by atoms with E-state index in [1.807, 2.05) is 12.1 Å². The Labute approximate surface area is 134 Å². The van der Waals surface area contributed by atoms with Crippen molar-refractivity contribution in [3.63, 3.8) is 0 Å². The van der Waals surface area contributed by atoms with Gasteiger partial charge in [-0.25, -0.2) is 0 Å². The van der Waals surface area contributed by atoms with E-state index in [9.17, 15) is 0 Å². The van der Waals surface area contributed by atoms with E-state index in [-0.39, 0.29) is 12.4 Å². The molecule has 0 spiro atoms. The van der Waals surface area contributed by atoms with Crippen LogP contribution in [0.2, 0.25) is 5.02 Å². The summed E-state index contributed by atoms with van der Waals surface area (Å²) in [6.07, 6.45) is 1.08. The second kappa shape index (κ2) is 5.72. The van der Waals surface area contributed by atoms with Gasteiger partial charge in [-0.15, -0.1) is 12.4 Å². The third-order valence-electron chi connectivity index (χ3n) is 4.03. The molecule has 2 nitrogen and oxygen atoms in total. The lowest BCUT2D eigenvalue weighted by atomic mass is 10.0. The molecule has 4 rings (SSSR count). The highest BCUT2D eigenvalue weighted by atomic mass is 35.5. The van der Waals surface area contributed by atoms with Crippen molar-refractivity contribution in [1.82, 2.24) is 10.3 Å². The summed E-state index contributed by atoms with van der Waals surface area (Å²) in [6, 6.07) is 14.6. The van der Waals surface area contributed by atoms with Crippen LogP contribution in [0.15, 0.2) is 42.5 Å². The Hall–Kier alpha value is -1.48. The van der Waals surface area contributed by atoms with E-state index < -0.39 is 0 Å². The molecule has 2 aromatic carbocycles. The molecule has 0 amide bonds. The van der Waals surface area contributed by atoms with Crippen LogP contribution in [0.1, 0.15) is 11.3 Å². The minimum absolute atomic E-state index is 0. The van der Waals surface area contributed by atoms with Crippen molar-refractivity contribution in [3.05, 3.63) is 58.7 Å². The first-order chi connectivity index (χ1) is 9.81. The molecule has 0 saturated heterocycles. The number of aromatic amines is 1. The van der Waals surface area contributed by atoms with Crippen molar-refractivity contribution in [3.8, 4) is 11.1 Å². The number of nitrogens with one attached hydrogen (secondary N) is 2. The van der Waals surface area contributed by atoms with Crippen LogP contribution in [0.25, 0.3) is 22.0 Å². The van der Waals surface area contributed by atoms with E-state index in [1.165, 1.54) is 33.3 Å². The molecule has 21 heavy (non-hydrogen) atoms. The number of H-pyrrole nitrogens is 1. The predicted molar refractivity (Wildman–Crippen MR) is 91.4 cm³/mol. The zero-order chi connectivity index (χ0) is 13.5. The molecule has 4 heteroatoms. The molecule has 0 saturated carbocycles. The average molecular weight is 319 g/mol. The molecule has 2 N–H and O–H groups in total. The van der Waals surface area contributed by atoms with Crippen molar-refractivity contribution >= 4 is 34.9 Å². The van der Waals surface area contributed by atoms with Gasteiger partial charge in [0.1, 0.15) is 0 Å². The Morgan fingerprint density at radius 2 is 1.71 bits per heavy atom. The van der Waals surface area contributed by atoms with Gasteiger partial charge in [0.25, 0.3) is 0 Å². The molecule has 0 unspecified atom stereocenters. The molecule has 0 fully saturated rings. The number of hydrogen-bond donors (Lipinski definition) is 2. The minimum Gasteiger partial charge on any atom is -0.358 e. The van der Waals surface area contributed by atoms with Crippen molar-refractivity contribution in [2.75, 3.05) is 6.54 Å². The Morgan fingerprint density at radius 1 is 0.952 bits per heavy atom. The van der Waals surface area contributed by atoms with Gasteiger partial charge >= 0.3 is 0 Å². The van der Waals surface area contributed by atoms with Crippen molar-refractivity contribution in [1.29, 1.82) is 0 Å². The summed E-state index contributed by atoms with van der Waals surface area (Å²) >= 11 is 5.96. The molecule has 0 aliphatic carbocycles. The highest BCUT2D eigenvalue weighted by Crippen LogP contribution is 2.30. The summed E-state index contributed by atoms with van der Waals surface area (Å²) in [4.78, 5) is 3.54. The maximum absolute atomic E-state index is 5.96. The lowest BCUT2D eigenvalue weighted by Crippen LogP contribution is -2.22. The Balaban J connectivity index is 0.00000132. The fraction of sp³-hybridized carbons (Fsp3) is 0.176. The fourth-order valence-electron chi connectivity index (χ4n) is 2.97. The molecule has 0 radical (unpaired) electrons. The first kappa shape index (κ1) is 14.5. The molecule has 1 aromatic heterocycles. The SMILES string of the molecule is Cl.Clc1ccc(-c2ccc3[nH]c4c(c3c2)CNCC4)cc1. The smallest absolute Gasteiger partial charge is 0.0459 e. The van der Waals surface area contributed by atoms with E-state index >= 15 is 0 Å². The molecule has 108 valence electrons. The largest absolute Gasteiger partial charge is 0.358 e. The van der Waals surface area contributed by atoms with Gasteiger partial charge in [0.2, 0.25) is 0 Å². The number of rotatable bonds is 1. The summed E-state index contributed by atoms with van der Waals surface area (Å²) in [6.45, 7) is 2.02. The van der Waals surface area contributed by atoms with Crippen LogP contribution in [0.5, 0.6) is 0 Å². The fourth-order valence-corrected chi connectivity index (χ4v) is 3.09. The van der Waals surface area contributed by atoms with Crippen LogP contribution in [0.3, 0.4) is 0 Å². The van der Waals surface area contributed by atoms with Crippen molar-refractivity contribution in [2.24, 2.45) is 0 Å². The van der Waals surface area contributed by atoms with Crippen LogP contribution < -0.4 is 5.32 Å². The zero-order valence-corrected chi connectivity index (χ0v) is 13.0. The summed E-state index contributed by atoms with van der Waals surface area (Å²) in [7, 11) is 0. The van der Waals surface area contributed by atoms with E-state index in [4.69, 9.17) is 11.6 Å². The number of benzene rings is 2. The van der Waals surface area contributed by atoms with Gasteiger partial charge in [0, 0.05) is 41.1 Å². The maximum atomic E-state index is 5.96. The van der Waals surface area contributed by atoms with Crippen LogP contribution in [-0.2, 0) is 13.0 Å². The van der Waals surface area contributed by atoms with Crippen LogP contribution in [0, 0.1) is 0 Å². The van der Waals surface area contributed by atoms with Gasteiger partial charge in [-0.05, 0) is 41.0 Å². The third-order valence-corrected chi connectivity index (χ3v) is 4.28. The Kier molecular flexibility index (Phi) is 3.94. The normalized spacial score (nSPS) is 13.8. The Morgan fingerprint density at radius 3 is 2.52 bits per heavy atom. The molecular formula is C17H16Cl2N2. The second-order valence-electron chi connectivity index (χ2n) is 5.28. The van der Waals surface area contributed by atoms with E-state index in [1.54, 1.807) is 0 Å². The lowest BCUT2D eigenvalue weighted by Gasteiger charge is -2.12. The van der Waals surface area contributed by atoms with Gasteiger partial charge in [-0.1, -0.05) is 29.8 Å². The Bertz CT molecular complexity index is 775. The van der Waals surface area contributed by atoms with Crippen molar-refractivity contribution < 1.29 is 0 Å². The average Bonchev–Trinajstić information content (AvgIpc) is 2.86. The monoisotopic (exact) mass is 318 g/mol. The topological polar surface area (TPSA) is 27.8 Å². The lowest BCUT2D eigenvalue weighted by molar-refractivity contribution is 0.641. The molecule has 0 atom stereocenters. The maximum Gasteiger partial charge on any atom is 0.0459 e. The van der Waals surface area contributed by atoms with Gasteiger partial charge in [-0.2, -0.15) is 0 Å². The summed E-state index contributed by atoms with van der Waals surface area (Å²) in [5, 5.41) is 5.56. The summed E-state index contributed by atoms with van der Waals surface area (Å²) < 4.78 is 0. The minimum atomic E-state index is 0. The van der Waals surface area contributed by atoms with Crippen LogP contribution >= 0.6 is 24.0 Å². The van der Waals surface area contributed by atoms with Crippen LogP contribution in [0.4, 0.5) is 0 Å². The first-order valence-corrected chi connectivity index (χ1v) is 7.29. The highest BCUT2D eigenvalue weighted by Gasteiger charge is 2.15. The van der Waals surface area contributed by atoms with E-state index in [2.05, 4.69) is 40.6 Å².